The molecule has 0 saturated carbocycles. The molecule has 102 valence electrons. The zero-order valence-corrected chi connectivity index (χ0v) is 10.8. The van der Waals surface area contributed by atoms with E-state index in [-0.39, 0.29) is 10.4 Å². The molecular weight excluding hydrogens is 295 g/mol. The quantitative estimate of drug-likeness (QED) is 0.868. The summed E-state index contributed by atoms with van der Waals surface area (Å²) < 4.78 is 64.2. The Kier molecular flexibility index (Phi) is 3.91. The number of hydrogen-bond donors (Lipinski definition) is 1. The molecule has 0 aliphatic heterocycles. The highest BCUT2D eigenvalue weighted by atomic mass is 32.2. The van der Waals surface area contributed by atoms with Gasteiger partial charge in [0, 0.05) is 0 Å². The number of aryl methyl sites for hydroxylation is 1. The minimum absolute atomic E-state index is 0.202. The Morgan fingerprint density at radius 3 is 2.44 bits per heavy atom. The minimum Gasteiger partial charge on any atom is -0.465 e. The van der Waals surface area contributed by atoms with Gasteiger partial charge in [0.1, 0.15) is 4.88 Å². The predicted molar refractivity (Wildman–Crippen MR) is 59.0 cm³/mol. The topological polar surface area (TPSA) is 72.5 Å². The number of hydrogen-bond acceptors (Lipinski definition) is 5. The van der Waals surface area contributed by atoms with E-state index in [4.69, 9.17) is 0 Å². The van der Waals surface area contributed by atoms with Crippen molar-refractivity contribution < 1.29 is 31.1 Å². The molecule has 0 aliphatic carbocycles. The van der Waals surface area contributed by atoms with Gasteiger partial charge in [0.25, 0.3) is 0 Å². The van der Waals surface area contributed by atoms with Gasteiger partial charge in [0.05, 0.1) is 12.8 Å². The second-order valence-electron chi connectivity index (χ2n) is 3.17. The molecule has 0 aromatic carbocycles. The van der Waals surface area contributed by atoms with Crippen LogP contribution >= 0.6 is 11.3 Å². The average Bonchev–Trinajstić information content (AvgIpc) is 2.57. The van der Waals surface area contributed by atoms with Gasteiger partial charge in [-0.3, -0.25) is 4.72 Å². The Balaban J connectivity index is 3.21. The monoisotopic (exact) mass is 303 g/mol. The fraction of sp³-hybridized carbons (Fsp3) is 0.375. The Morgan fingerprint density at radius 1 is 1.44 bits per heavy atom. The van der Waals surface area contributed by atoms with Crippen LogP contribution in [0.1, 0.15) is 15.2 Å². The van der Waals surface area contributed by atoms with E-state index in [0.717, 1.165) is 18.4 Å². The van der Waals surface area contributed by atoms with Crippen LogP contribution in [-0.4, -0.2) is 27.0 Å². The van der Waals surface area contributed by atoms with Gasteiger partial charge in [-0.25, -0.2) is 4.79 Å². The number of anilines is 1. The standard InChI is InChI=1S/C8H8F3NO4S2/c1-4-3-17-6(7(13)16-2)5(4)12-18(14,15)8(9,10)11/h3,12H,1-2H3. The molecule has 1 aromatic heterocycles. The van der Waals surface area contributed by atoms with Crippen LogP contribution in [0.3, 0.4) is 0 Å². The number of carbonyl (C=O) groups is 1. The number of sulfonamides is 1. The molecule has 0 fully saturated rings. The molecule has 0 radical (unpaired) electrons. The van der Waals surface area contributed by atoms with E-state index in [9.17, 15) is 26.4 Å². The van der Waals surface area contributed by atoms with Crippen LogP contribution in [-0.2, 0) is 14.8 Å². The summed E-state index contributed by atoms with van der Waals surface area (Å²) >= 11 is 0.791. The predicted octanol–water partition coefficient (Wildman–Crippen LogP) is 2.10. The number of ether oxygens (including phenoxy) is 1. The molecule has 0 unspecified atom stereocenters. The van der Waals surface area contributed by atoms with Crippen molar-refractivity contribution in [2.24, 2.45) is 0 Å². The highest BCUT2D eigenvalue weighted by Crippen LogP contribution is 2.32. The van der Waals surface area contributed by atoms with Crippen molar-refractivity contribution >= 4 is 33.0 Å². The van der Waals surface area contributed by atoms with Gasteiger partial charge in [0.2, 0.25) is 0 Å². The second kappa shape index (κ2) is 4.76. The molecule has 1 aromatic rings. The largest absolute Gasteiger partial charge is 0.516 e. The van der Waals surface area contributed by atoms with E-state index in [2.05, 4.69) is 4.74 Å². The van der Waals surface area contributed by atoms with E-state index in [1.807, 2.05) is 0 Å². The molecule has 0 aliphatic rings. The molecule has 1 N–H and O–H groups in total. The summed E-state index contributed by atoms with van der Waals surface area (Å²) in [7, 11) is -4.52. The van der Waals surface area contributed by atoms with Crippen molar-refractivity contribution in [2.45, 2.75) is 12.4 Å². The van der Waals surface area contributed by atoms with Crippen LogP contribution in [0.25, 0.3) is 0 Å². The lowest BCUT2D eigenvalue weighted by Crippen LogP contribution is -2.30. The van der Waals surface area contributed by atoms with Crippen molar-refractivity contribution in [3.05, 3.63) is 15.8 Å². The van der Waals surface area contributed by atoms with Gasteiger partial charge in [-0.1, -0.05) is 0 Å². The van der Waals surface area contributed by atoms with E-state index in [0.29, 0.717) is 0 Å². The highest BCUT2D eigenvalue weighted by molar-refractivity contribution is 7.93. The molecule has 5 nitrogen and oxygen atoms in total. The van der Waals surface area contributed by atoms with Crippen molar-refractivity contribution in [1.29, 1.82) is 0 Å². The summed E-state index contributed by atoms with van der Waals surface area (Å²) in [5.41, 5.74) is -5.66. The van der Waals surface area contributed by atoms with Crippen molar-refractivity contribution in [3.63, 3.8) is 0 Å². The molecule has 10 heteroatoms. The Labute approximate surface area is 105 Å². The van der Waals surface area contributed by atoms with E-state index >= 15 is 0 Å². The van der Waals surface area contributed by atoms with Crippen LogP contribution < -0.4 is 4.72 Å². The molecule has 0 atom stereocenters. The van der Waals surface area contributed by atoms with Gasteiger partial charge >= 0.3 is 21.5 Å². The summed E-state index contributed by atoms with van der Waals surface area (Å²) in [6.45, 7) is 1.37. The molecule has 1 heterocycles. The Hall–Kier alpha value is -1.29. The molecule has 1 rings (SSSR count). The van der Waals surface area contributed by atoms with E-state index in [1.165, 1.54) is 17.0 Å². The van der Waals surface area contributed by atoms with Crippen molar-refractivity contribution in [1.82, 2.24) is 0 Å². The lowest BCUT2D eigenvalue weighted by Gasteiger charge is -2.11. The van der Waals surface area contributed by atoms with Gasteiger partial charge in [-0.15, -0.1) is 11.3 Å². The van der Waals surface area contributed by atoms with Crippen LogP contribution in [0.2, 0.25) is 0 Å². The summed E-state index contributed by atoms with van der Waals surface area (Å²) in [6, 6.07) is 0. The maximum absolute atomic E-state index is 12.2. The number of esters is 1. The minimum atomic E-state index is -5.56. The van der Waals surface area contributed by atoms with E-state index < -0.39 is 27.2 Å². The van der Waals surface area contributed by atoms with Gasteiger partial charge in [0.15, 0.2) is 0 Å². The third-order valence-electron chi connectivity index (χ3n) is 1.89. The number of rotatable bonds is 3. The number of carbonyl (C=O) groups excluding carboxylic acids is 1. The fourth-order valence-electron chi connectivity index (χ4n) is 1.01. The molecular formula is C8H8F3NO4S2. The molecule has 18 heavy (non-hydrogen) atoms. The summed E-state index contributed by atoms with van der Waals surface area (Å²) in [6.07, 6.45) is 0. The maximum atomic E-state index is 12.2. The first-order valence-corrected chi connectivity index (χ1v) is 6.72. The number of thiophene rings is 1. The first-order valence-electron chi connectivity index (χ1n) is 4.35. The van der Waals surface area contributed by atoms with Crippen molar-refractivity contribution in [2.75, 3.05) is 11.8 Å². The van der Waals surface area contributed by atoms with Gasteiger partial charge in [-0.05, 0) is 17.9 Å². The average molecular weight is 303 g/mol. The van der Waals surface area contributed by atoms with Gasteiger partial charge in [-0.2, -0.15) is 21.6 Å². The molecule has 0 spiro atoms. The number of alkyl halides is 3. The number of nitrogens with one attached hydrogen (secondary N) is 1. The molecule has 0 saturated heterocycles. The maximum Gasteiger partial charge on any atom is 0.516 e. The highest BCUT2D eigenvalue weighted by Gasteiger charge is 2.46. The first kappa shape index (κ1) is 14.8. The second-order valence-corrected chi connectivity index (χ2v) is 5.72. The van der Waals surface area contributed by atoms with Crippen LogP contribution in [0.15, 0.2) is 5.38 Å². The third-order valence-corrected chi connectivity index (χ3v) is 4.05. The summed E-state index contributed by atoms with van der Waals surface area (Å²) in [5.74, 6) is -0.909. The van der Waals surface area contributed by atoms with Crippen LogP contribution in [0, 0.1) is 6.92 Å². The Bertz CT molecular complexity index is 561. The number of halogens is 3. The molecule has 0 amide bonds. The third kappa shape index (κ3) is 2.75. The zero-order chi connectivity index (χ0) is 14.1. The lowest BCUT2D eigenvalue weighted by atomic mass is 10.3. The van der Waals surface area contributed by atoms with Gasteiger partial charge < -0.3 is 4.74 Å². The van der Waals surface area contributed by atoms with Crippen LogP contribution in [0.4, 0.5) is 18.9 Å². The summed E-state index contributed by atoms with van der Waals surface area (Å²) in [4.78, 5) is 11.0. The zero-order valence-electron chi connectivity index (χ0n) is 9.16. The fourth-order valence-corrected chi connectivity index (χ4v) is 2.64. The first-order chi connectivity index (χ1) is 8.10. The normalized spacial score (nSPS) is 12.3. The van der Waals surface area contributed by atoms with Crippen molar-refractivity contribution in [3.8, 4) is 0 Å². The number of methoxy groups -OCH3 is 1. The smallest absolute Gasteiger partial charge is 0.465 e. The SMILES string of the molecule is COC(=O)c1scc(C)c1NS(=O)(=O)C(F)(F)F. The summed E-state index contributed by atoms with van der Waals surface area (Å²) in [5, 5.41) is 1.35. The van der Waals surface area contributed by atoms with E-state index in [1.54, 1.807) is 0 Å². The lowest BCUT2D eigenvalue weighted by molar-refractivity contribution is -0.0429. The molecule has 0 bridgehead atoms. The Morgan fingerprint density at radius 2 is 2.00 bits per heavy atom. The van der Waals surface area contributed by atoms with Crippen LogP contribution in [0.5, 0.6) is 0 Å².